The number of nitrogens with zero attached hydrogens (tertiary/aromatic N) is 3. The van der Waals surface area contributed by atoms with E-state index in [4.69, 9.17) is 10.7 Å². The van der Waals surface area contributed by atoms with Gasteiger partial charge >= 0.3 is 0 Å². The highest BCUT2D eigenvalue weighted by Crippen LogP contribution is 2.46. The minimum absolute atomic E-state index is 0.319. The summed E-state index contributed by atoms with van der Waals surface area (Å²) in [6.45, 7) is 0. The molecule has 146 valence electrons. The van der Waals surface area contributed by atoms with Crippen molar-refractivity contribution < 1.29 is 8.78 Å². The predicted molar refractivity (Wildman–Crippen MR) is 111 cm³/mol. The monoisotopic (exact) mass is 398 g/mol. The lowest BCUT2D eigenvalue weighted by molar-refractivity contribution is 0.587. The van der Waals surface area contributed by atoms with E-state index < -0.39 is 11.5 Å². The van der Waals surface area contributed by atoms with Crippen LogP contribution in [0.5, 0.6) is 0 Å². The summed E-state index contributed by atoms with van der Waals surface area (Å²) in [7, 11) is 0. The van der Waals surface area contributed by atoms with Crippen LogP contribution in [-0.2, 0) is 5.54 Å². The normalized spacial score (nSPS) is 17.5. The van der Waals surface area contributed by atoms with Crippen molar-refractivity contribution in [1.29, 1.82) is 0 Å². The first-order valence-corrected chi connectivity index (χ1v) is 9.37. The van der Waals surface area contributed by atoms with Crippen LogP contribution in [0.15, 0.2) is 90.3 Å². The number of benzene rings is 2. The van der Waals surface area contributed by atoms with Gasteiger partial charge in [0, 0.05) is 35.3 Å². The second kappa shape index (κ2) is 6.84. The molecule has 3 heterocycles. The minimum atomic E-state index is -1.07. The smallest absolute Gasteiger partial charge is 0.220 e. The molecule has 1 unspecified atom stereocenters. The molecule has 0 spiro atoms. The largest absolute Gasteiger partial charge is 0.383 e. The molecule has 2 N–H and O–H groups in total. The van der Waals surface area contributed by atoms with Crippen molar-refractivity contribution in [1.82, 2.24) is 9.97 Å². The summed E-state index contributed by atoms with van der Waals surface area (Å²) >= 11 is 0. The molecule has 1 atom stereocenters. The third-order valence-electron chi connectivity index (χ3n) is 5.38. The maximum atomic E-state index is 14.3. The number of aromatic nitrogens is 2. The molecule has 0 radical (unpaired) electrons. The van der Waals surface area contributed by atoms with Gasteiger partial charge in [-0.2, -0.15) is 4.39 Å². The van der Waals surface area contributed by atoms with Gasteiger partial charge in [-0.15, -0.1) is 0 Å². The maximum absolute atomic E-state index is 14.3. The molecule has 2 aromatic carbocycles. The Labute approximate surface area is 171 Å². The van der Waals surface area contributed by atoms with Crippen molar-refractivity contribution >= 4 is 5.84 Å². The van der Waals surface area contributed by atoms with Crippen molar-refractivity contribution in [3.63, 3.8) is 0 Å². The van der Waals surface area contributed by atoms with E-state index in [0.717, 1.165) is 11.1 Å². The Hall–Kier alpha value is -3.93. The first kappa shape index (κ1) is 18.1. The molecule has 6 heteroatoms. The zero-order valence-corrected chi connectivity index (χ0v) is 15.8. The van der Waals surface area contributed by atoms with Gasteiger partial charge in [0.25, 0.3) is 0 Å². The Morgan fingerprint density at radius 3 is 2.40 bits per heavy atom. The molecule has 30 heavy (non-hydrogen) atoms. The Kier molecular flexibility index (Phi) is 4.13. The third-order valence-corrected chi connectivity index (χ3v) is 5.38. The lowest BCUT2D eigenvalue weighted by Gasteiger charge is -2.29. The first-order valence-electron chi connectivity index (χ1n) is 9.37. The second-order valence-corrected chi connectivity index (χ2v) is 7.06. The van der Waals surface area contributed by atoms with E-state index in [1.165, 1.54) is 18.3 Å². The van der Waals surface area contributed by atoms with E-state index in [2.05, 4.69) is 9.97 Å². The molecule has 4 nitrogen and oxygen atoms in total. The van der Waals surface area contributed by atoms with Gasteiger partial charge in [-0.3, -0.25) is 4.98 Å². The number of fused-ring (bicyclic) bond motifs is 1. The summed E-state index contributed by atoms with van der Waals surface area (Å²) in [5.74, 6) is -0.625. The van der Waals surface area contributed by atoms with Crippen molar-refractivity contribution in [3.05, 3.63) is 119 Å². The van der Waals surface area contributed by atoms with Crippen LogP contribution in [-0.4, -0.2) is 15.8 Å². The molecule has 2 aromatic heterocycles. The Bertz CT molecular complexity index is 1290. The number of hydrogen-bond donors (Lipinski definition) is 1. The van der Waals surface area contributed by atoms with Crippen LogP contribution in [0, 0.1) is 11.8 Å². The van der Waals surface area contributed by atoms with Gasteiger partial charge in [-0.05, 0) is 65.2 Å². The molecule has 0 amide bonds. The van der Waals surface area contributed by atoms with Gasteiger partial charge in [0.05, 0.1) is 0 Å². The predicted octanol–water partition coefficient (Wildman–Crippen LogP) is 4.43. The van der Waals surface area contributed by atoms with Crippen LogP contribution < -0.4 is 5.73 Å². The Morgan fingerprint density at radius 2 is 1.60 bits per heavy atom. The van der Waals surface area contributed by atoms with Crippen LogP contribution in [0.4, 0.5) is 8.78 Å². The molecule has 0 aliphatic carbocycles. The summed E-state index contributed by atoms with van der Waals surface area (Å²) in [4.78, 5) is 12.7. The standard InChI is InChI=1S/C24H16F2N4/c25-18-6-7-20-21(14-18)24(30-23(20)27,16-8-11-28-12-9-16)17-4-1-3-15(13-17)19-5-2-10-29-22(19)26/h1-14H,(H2,27,30). The number of nitrogens with two attached hydrogens (primary N) is 1. The lowest BCUT2D eigenvalue weighted by Crippen LogP contribution is -2.25. The lowest BCUT2D eigenvalue weighted by atomic mass is 9.77. The summed E-state index contributed by atoms with van der Waals surface area (Å²) < 4.78 is 28.6. The minimum Gasteiger partial charge on any atom is -0.383 e. The fourth-order valence-electron chi connectivity index (χ4n) is 4.05. The van der Waals surface area contributed by atoms with Crippen molar-refractivity contribution in [3.8, 4) is 11.1 Å². The number of aliphatic imine (C=N–C) groups is 1. The van der Waals surface area contributed by atoms with Crippen LogP contribution in [0.25, 0.3) is 11.1 Å². The number of pyridine rings is 2. The SMILES string of the molecule is NC1=NC(c2ccncc2)(c2cccc(-c3cccnc3F)c2)c2cc(F)ccc21. The van der Waals surface area contributed by atoms with Crippen LogP contribution >= 0.6 is 0 Å². The summed E-state index contributed by atoms with van der Waals surface area (Å²) in [5, 5.41) is 0. The fourth-order valence-corrected chi connectivity index (χ4v) is 4.05. The molecule has 0 saturated heterocycles. The highest BCUT2D eigenvalue weighted by molar-refractivity contribution is 6.03. The van der Waals surface area contributed by atoms with E-state index in [-0.39, 0.29) is 5.82 Å². The van der Waals surface area contributed by atoms with Gasteiger partial charge in [0.15, 0.2) is 0 Å². The zero-order valence-electron chi connectivity index (χ0n) is 15.8. The Balaban J connectivity index is 1.81. The zero-order chi connectivity index (χ0) is 20.7. The van der Waals surface area contributed by atoms with E-state index in [9.17, 15) is 8.78 Å². The van der Waals surface area contributed by atoms with Crippen molar-refractivity contribution in [2.45, 2.75) is 5.54 Å². The van der Waals surface area contributed by atoms with Gasteiger partial charge in [0.1, 0.15) is 17.2 Å². The molecule has 1 aliphatic rings. The van der Waals surface area contributed by atoms with E-state index >= 15 is 0 Å². The highest BCUT2D eigenvalue weighted by Gasteiger charge is 2.43. The first-order chi connectivity index (χ1) is 14.6. The third kappa shape index (κ3) is 2.69. The van der Waals surface area contributed by atoms with E-state index in [1.807, 2.05) is 30.3 Å². The second-order valence-electron chi connectivity index (χ2n) is 7.06. The molecule has 4 aromatic rings. The number of rotatable bonds is 3. The van der Waals surface area contributed by atoms with Gasteiger partial charge in [-0.1, -0.05) is 18.2 Å². The van der Waals surface area contributed by atoms with Crippen LogP contribution in [0.3, 0.4) is 0 Å². The van der Waals surface area contributed by atoms with E-state index in [1.54, 1.807) is 36.7 Å². The maximum Gasteiger partial charge on any atom is 0.220 e. The molecule has 0 saturated carbocycles. The van der Waals surface area contributed by atoms with Gasteiger partial charge in [0.2, 0.25) is 5.95 Å². The van der Waals surface area contributed by atoms with Crippen molar-refractivity contribution in [2.24, 2.45) is 10.7 Å². The van der Waals surface area contributed by atoms with Gasteiger partial charge in [-0.25, -0.2) is 14.4 Å². The summed E-state index contributed by atoms with van der Waals surface area (Å²) in [6, 6.07) is 18.8. The van der Waals surface area contributed by atoms with Crippen molar-refractivity contribution in [2.75, 3.05) is 0 Å². The number of halogens is 2. The van der Waals surface area contributed by atoms with Crippen LogP contribution in [0.2, 0.25) is 0 Å². The molecule has 1 aliphatic heterocycles. The average molecular weight is 398 g/mol. The number of amidine groups is 1. The molecular formula is C24H16F2N4. The molecule has 0 fully saturated rings. The molecule has 0 bridgehead atoms. The van der Waals surface area contributed by atoms with E-state index in [0.29, 0.717) is 28.1 Å². The summed E-state index contributed by atoms with van der Waals surface area (Å²) in [6.07, 6.45) is 4.72. The summed E-state index contributed by atoms with van der Waals surface area (Å²) in [5.41, 5.74) is 9.04. The highest BCUT2D eigenvalue weighted by atomic mass is 19.1. The Morgan fingerprint density at radius 1 is 0.767 bits per heavy atom. The molecular weight excluding hydrogens is 382 g/mol. The molecule has 5 rings (SSSR count). The quantitative estimate of drug-likeness (QED) is 0.519. The number of hydrogen-bond acceptors (Lipinski definition) is 4. The topological polar surface area (TPSA) is 64.2 Å². The van der Waals surface area contributed by atoms with Crippen LogP contribution in [0.1, 0.15) is 22.3 Å². The average Bonchev–Trinajstić information content (AvgIpc) is 3.07. The van der Waals surface area contributed by atoms with Gasteiger partial charge < -0.3 is 5.73 Å². The fraction of sp³-hybridized carbons (Fsp3) is 0.0417.